The summed E-state index contributed by atoms with van der Waals surface area (Å²) in [4.78, 5) is 18.6. The normalized spacial score (nSPS) is 19.4. The first-order chi connectivity index (χ1) is 16.5. The predicted molar refractivity (Wildman–Crippen MR) is 136 cm³/mol. The van der Waals surface area contributed by atoms with E-state index in [1.54, 1.807) is 24.6 Å². The fourth-order valence-corrected chi connectivity index (χ4v) is 5.51. The smallest absolute Gasteiger partial charge is 0.308 e. The summed E-state index contributed by atoms with van der Waals surface area (Å²) in [7, 11) is 1.62. The lowest BCUT2D eigenvalue weighted by molar-refractivity contribution is -0.146. The second-order valence-electron chi connectivity index (χ2n) is 8.63. The third kappa shape index (κ3) is 5.70. The molecule has 34 heavy (non-hydrogen) atoms. The number of piperidine rings is 1. The number of halogens is 1. The highest BCUT2D eigenvalue weighted by Crippen LogP contribution is 2.35. The van der Waals surface area contributed by atoms with Crippen molar-refractivity contribution in [1.29, 1.82) is 0 Å². The highest BCUT2D eigenvalue weighted by atomic mass is 35.5. The van der Waals surface area contributed by atoms with Crippen molar-refractivity contribution in [3.05, 3.63) is 57.4 Å². The van der Waals surface area contributed by atoms with Gasteiger partial charge in [0.05, 0.1) is 30.1 Å². The summed E-state index contributed by atoms with van der Waals surface area (Å²) in [6.45, 7) is 1.91. The van der Waals surface area contributed by atoms with Gasteiger partial charge in [-0.25, -0.2) is 0 Å². The summed E-state index contributed by atoms with van der Waals surface area (Å²) < 4.78 is 5.36. The minimum Gasteiger partial charge on any atom is -0.497 e. The molecule has 6 nitrogen and oxygen atoms in total. The lowest BCUT2D eigenvalue weighted by Crippen LogP contribution is -2.44. The number of hydrogen-bond acceptors (Lipinski definition) is 6. The van der Waals surface area contributed by atoms with Gasteiger partial charge in [-0.05, 0) is 66.9 Å². The first-order valence-corrected chi connectivity index (χ1v) is 12.6. The molecule has 3 N–H and O–H groups in total. The second kappa shape index (κ2) is 11.2. The molecular weight excluding hydrogens is 470 g/mol. The molecule has 8 heteroatoms. The summed E-state index contributed by atoms with van der Waals surface area (Å²) in [5.41, 5.74) is 9.24. The first-order valence-electron chi connectivity index (χ1n) is 11.3. The monoisotopic (exact) mass is 497 g/mol. The number of carbonyl (C=O) groups is 1. The van der Waals surface area contributed by atoms with Gasteiger partial charge in [0, 0.05) is 35.1 Å². The number of carboxylic acid groups (broad SMARTS) is 1. The maximum Gasteiger partial charge on any atom is 0.308 e. The van der Waals surface area contributed by atoms with Gasteiger partial charge in [-0.2, -0.15) is 11.3 Å². The van der Waals surface area contributed by atoms with E-state index in [4.69, 9.17) is 22.1 Å². The molecule has 0 saturated carbocycles. The summed E-state index contributed by atoms with van der Waals surface area (Å²) in [5, 5.41) is 15.3. The number of methoxy groups -OCH3 is 1. The number of aromatic nitrogens is 1. The molecule has 3 atom stereocenters. The van der Waals surface area contributed by atoms with Crippen LogP contribution in [0.15, 0.2) is 41.2 Å². The molecular formula is C26H28ClN3O3S. The third-order valence-electron chi connectivity index (χ3n) is 6.50. The Balaban J connectivity index is 1.42. The summed E-state index contributed by atoms with van der Waals surface area (Å²) >= 11 is 8.12. The second-order valence-corrected chi connectivity index (χ2v) is 9.82. The molecule has 178 valence electrons. The molecule has 3 heterocycles. The van der Waals surface area contributed by atoms with Crippen LogP contribution in [-0.4, -0.2) is 47.7 Å². The van der Waals surface area contributed by atoms with Crippen molar-refractivity contribution in [3.8, 4) is 17.6 Å². The Labute approximate surface area is 208 Å². The van der Waals surface area contributed by atoms with Crippen LogP contribution < -0.4 is 10.5 Å². The number of ether oxygens (including phenoxy) is 1. The zero-order chi connectivity index (χ0) is 24.1. The Morgan fingerprint density at radius 1 is 1.44 bits per heavy atom. The first kappa shape index (κ1) is 24.5. The number of rotatable bonds is 7. The largest absolute Gasteiger partial charge is 0.497 e. The lowest BCUT2D eigenvalue weighted by atomic mass is 9.81. The van der Waals surface area contributed by atoms with Crippen molar-refractivity contribution in [2.45, 2.75) is 25.3 Å². The predicted octanol–water partition coefficient (Wildman–Crippen LogP) is 4.81. The summed E-state index contributed by atoms with van der Waals surface area (Å²) in [5.74, 6) is 5.90. The third-order valence-corrected chi connectivity index (χ3v) is 7.49. The zero-order valence-electron chi connectivity index (χ0n) is 19.0. The number of benzene rings is 1. The topological polar surface area (TPSA) is 88.7 Å². The van der Waals surface area contributed by atoms with Crippen molar-refractivity contribution < 1.29 is 14.6 Å². The summed E-state index contributed by atoms with van der Waals surface area (Å²) in [6.07, 6.45) is 3.79. The SMILES string of the molecule is COc1ccc2ncc(Cl)c(C(N)CCC3CCN(CC#Cc4ccsc4)CC3C(=O)O)c2c1. The van der Waals surface area contributed by atoms with Crippen molar-refractivity contribution >= 4 is 39.8 Å². The van der Waals surface area contributed by atoms with E-state index in [1.165, 1.54) is 0 Å². The van der Waals surface area contributed by atoms with E-state index in [0.717, 1.165) is 41.4 Å². The molecule has 3 aromatic rings. The number of likely N-dealkylation sites (tertiary alicyclic amines) is 1. The fraction of sp³-hybridized carbons (Fsp3) is 0.385. The molecule has 1 fully saturated rings. The van der Waals surface area contributed by atoms with Crippen molar-refractivity contribution in [3.63, 3.8) is 0 Å². The average molecular weight is 498 g/mol. The van der Waals surface area contributed by atoms with Crippen molar-refractivity contribution in [2.75, 3.05) is 26.7 Å². The standard InChI is InChI=1S/C26H28ClN3O3S/c1-33-19-5-7-24-20(13-19)25(22(27)14-29-24)23(28)6-4-18-8-11-30(15-21(18)26(31)32)10-2-3-17-9-12-34-16-17/h5,7,9,12-14,16,18,21,23H,4,6,8,10-11,15,28H2,1H3,(H,31,32). The van der Waals surface area contributed by atoms with E-state index in [9.17, 15) is 9.90 Å². The maximum atomic E-state index is 12.0. The Bertz CT molecular complexity index is 1210. The molecule has 3 unspecified atom stereocenters. The van der Waals surface area contributed by atoms with Crippen LogP contribution in [0.3, 0.4) is 0 Å². The van der Waals surface area contributed by atoms with Gasteiger partial charge in [-0.1, -0.05) is 23.4 Å². The van der Waals surface area contributed by atoms with E-state index >= 15 is 0 Å². The van der Waals surface area contributed by atoms with Crippen LogP contribution in [0.5, 0.6) is 5.75 Å². The lowest BCUT2D eigenvalue weighted by Gasteiger charge is -2.36. The maximum absolute atomic E-state index is 12.0. The van der Waals surface area contributed by atoms with Crippen LogP contribution in [0, 0.1) is 23.7 Å². The van der Waals surface area contributed by atoms with Crippen LogP contribution in [0.2, 0.25) is 5.02 Å². The Kier molecular flexibility index (Phi) is 8.07. The van der Waals surface area contributed by atoms with Gasteiger partial charge < -0.3 is 15.6 Å². The van der Waals surface area contributed by atoms with Gasteiger partial charge in [0.2, 0.25) is 0 Å². The van der Waals surface area contributed by atoms with Gasteiger partial charge in [0.1, 0.15) is 5.75 Å². The van der Waals surface area contributed by atoms with Gasteiger partial charge in [0.15, 0.2) is 0 Å². The van der Waals surface area contributed by atoms with E-state index in [-0.39, 0.29) is 12.0 Å². The number of hydrogen-bond donors (Lipinski definition) is 2. The van der Waals surface area contributed by atoms with Gasteiger partial charge in [0.25, 0.3) is 0 Å². The molecule has 1 aromatic carbocycles. The summed E-state index contributed by atoms with van der Waals surface area (Å²) in [6, 6.07) is 7.31. The molecule has 1 aliphatic heterocycles. The van der Waals surface area contributed by atoms with E-state index in [1.807, 2.05) is 35.0 Å². The molecule has 2 aromatic heterocycles. The van der Waals surface area contributed by atoms with Crippen molar-refractivity contribution in [2.24, 2.45) is 17.6 Å². The Hall–Kier alpha value is -2.63. The highest BCUT2D eigenvalue weighted by molar-refractivity contribution is 7.08. The molecule has 0 spiro atoms. The van der Waals surface area contributed by atoms with Gasteiger partial charge >= 0.3 is 5.97 Å². The van der Waals surface area contributed by atoms with Crippen molar-refractivity contribution in [1.82, 2.24) is 9.88 Å². The van der Waals surface area contributed by atoms with Crippen LogP contribution in [-0.2, 0) is 4.79 Å². The zero-order valence-corrected chi connectivity index (χ0v) is 20.6. The number of nitrogens with two attached hydrogens (primary N) is 1. The number of fused-ring (bicyclic) bond motifs is 1. The molecule has 1 aliphatic rings. The minimum absolute atomic E-state index is 0.0612. The number of carboxylic acids is 1. The number of thiophene rings is 1. The van der Waals surface area contributed by atoms with E-state index in [0.29, 0.717) is 30.3 Å². The molecule has 0 amide bonds. The Morgan fingerprint density at radius 2 is 2.29 bits per heavy atom. The number of nitrogens with zero attached hydrogens (tertiary/aromatic N) is 2. The molecule has 4 rings (SSSR count). The Morgan fingerprint density at radius 3 is 3.03 bits per heavy atom. The van der Waals surface area contributed by atoms with Crippen LogP contribution in [0.4, 0.5) is 0 Å². The average Bonchev–Trinajstić information content (AvgIpc) is 3.36. The van der Waals surface area contributed by atoms with Crippen LogP contribution in [0.25, 0.3) is 10.9 Å². The number of aliphatic carboxylic acids is 1. The quantitative estimate of drug-likeness (QED) is 0.455. The minimum atomic E-state index is -0.758. The van der Waals surface area contributed by atoms with E-state index < -0.39 is 11.9 Å². The van der Waals surface area contributed by atoms with Gasteiger partial charge in [-0.3, -0.25) is 14.7 Å². The van der Waals surface area contributed by atoms with Crippen LogP contribution in [0.1, 0.15) is 36.4 Å². The van der Waals surface area contributed by atoms with Gasteiger partial charge in [-0.15, -0.1) is 0 Å². The molecule has 0 aliphatic carbocycles. The van der Waals surface area contributed by atoms with Crippen LogP contribution >= 0.6 is 22.9 Å². The molecule has 0 radical (unpaired) electrons. The highest BCUT2D eigenvalue weighted by Gasteiger charge is 2.34. The molecule has 1 saturated heterocycles. The molecule has 0 bridgehead atoms. The van der Waals surface area contributed by atoms with E-state index in [2.05, 4.69) is 21.7 Å². The number of pyridine rings is 1. The fourth-order valence-electron chi connectivity index (χ4n) is 4.64.